The van der Waals surface area contributed by atoms with E-state index < -0.39 is 12.1 Å². The first-order valence-electron chi connectivity index (χ1n) is 6.44. The number of nitrogens with zero attached hydrogens (tertiary/aromatic N) is 1. The first-order chi connectivity index (χ1) is 9.19. The molecule has 2 N–H and O–H groups in total. The molecular formula is C14H19NO4. The van der Waals surface area contributed by atoms with Crippen molar-refractivity contribution in [2.24, 2.45) is 0 Å². The van der Waals surface area contributed by atoms with E-state index >= 15 is 0 Å². The zero-order valence-electron chi connectivity index (χ0n) is 10.9. The molecule has 2 rings (SSSR count). The van der Waals surface area contributed by atoms with Crippen molar-refractivity contribution in [3.05, 3.63) is 35.9 Å². The van der Waals surface area contributed by atoms with Crippen LogP contribution in [0.15, 0.2) is 30.3 Å². The molecule has 1 aliphatic rings. The molecule has 0 saturated carbocycles. The number of hydrogen-bond acceptors (Lipinski definition) is 5. The highest BCUT2D eigenvalue weighted by molar-refractivity contribution is 5.80. The summed E-state index contributed by atoms with van der Waals surface area (Å²) in [6, 6.07) is 8.89. The Labute approximate surface area is 112 Å². The predicted molar refractivity (Wildman–Crippen MR) is 69.3 cm³/mol. The first kappa shape index (κ1) is 14.0. The Morgan fingerprint density at radius 1 is 1.42 bits per heavy atom. The molecule has 1 heterocycles. The van der Waals surface area contributed by atoms with Crippen LogP contribution in [0.2, 0.25) is 0 Å². The van der Waals surface area contributed by atoms with Gasteiger partial charge in [0.1, 0.15) is 6.04 Å². The van der Waals surface area contributed by atoms with Crippen LogP contribution >= 0.6 is 0 Å². The Bertz CT molecular complexity index is 423. The molecule has 4 atom stereocenters. The molecule has 104 valence electrons. The summed E-state index contributed by atoms with van der Waals surface area (Å²) in [5.74, 6) is -0.337. The second-order valence-corrected chi connectivity index (χ2v) is 4.60. The Morgan fingerprint density at radius 3 is 2.68 bits per heavy atom. The van der Waals surface area contributed by atoms with Crippen molar-refractivity contribution in [1.82, 2.24) is 4.90 Å². The van der Waals surface area contributed by atoms with Crippen LogP contribution in [-0.4, -0.2) is 52.5 Å². The molecule has 1 fully saturated rings. The van der Waals surface area contributed by atoms with Crippen molar-refractivity contribution in [2.45, 2.75) is 31.7 Å². The molecule has 0 amide bonds. The van der Waals surface area contributed by atoms with Crippen LogP contribution in [0, 0.1) is 0 Å². The van der Waals surface area contributed by atoms with Gasteiger partial charge in [0.05, 0.1) is 25.4 Å². The molecular weight excluding hydrogens is 246 g/mol. The second kappa shape index (κ2) is 6.14. The van der Waals surface area contributed by atoms with Gasteiger partial charge in [-0.3, -0.25) is 9.69 Å². The summed E-state index contributed by atoms with van der Waals surface area (Å²) in [4.78, 5) is 13.6. The van der Waals surface area contributed by atoms with Gasteiger partial charge in [-0.25, -0.2) is 0 Å². The quantitative estimate of drug-likeness (QED) is 0.566. The summed E-state index contributed by atoms with van der Waals surface area (Å²) in [6.07, 6.45) is -0.918. The van der Waals surface area contributed by atoms with Crippen molar-refractivity contribution in [1.29, 1.82) is 0 Å². The summed E-state index contributed by atoms with van der Waals surface area (Å²) < 4.78 is 4.99. The maximum absolute atomic E-state index is 11.8. The third-order valence-electron chi connectivity index (χ3n) is 3.29. The van der Waals surface area contributed by atoms with Crippen molar-refractivity contribution in [3.8, 4) is 0 Å². The molecule has 5 heteroatoms. The molecule has 0 aliphatic carbocycles. The van der Waals surface area contributed by atoms with Gasteiger partial charge in [-0.15, -0.1) is 0 Å². The number of carbonyl (C=O) groups excluding carboxylic acids is 1. The standard InChI is InChI=1S/C14H19NO4/c1-2-19-14(18)13-12(11(17)9-16)15(13)8-10-6-4-3-5-7-10/h3-7,11-13,16-17H,2,8-9H2,1H3/t11-,12+,13-,15?/m1/s1. The number of aliphatic hydroxyl groups is 2. The minimum absolute atomic E-state index is 0.316. The highest BCUT2D eigenvalue weighted by Crippen LogP contribution is 2.34. The number of rotatable bonds is 6. The number of carbonyl (C=O) groups is 1. The summed E-state index contributed by atoms with van der Waals surface area (Å²) in [5, 5.41) is 18.8. The first-order valence-corrected chi connectivity index (χ1v) is 6.44. The lowest BCUT2D eigenvalue weighted by molar-refractivity contribution is -0.143. The highest BCUT2D eigenvalue weighted by Gasteiger charge is 2.56. The zero-order chi connectivity index (χ0) is 13.8. The Hall–Kier alpha value is -1.43. The molecule has 1 aromatic carbocycles. The van der Waals surface area contributed by atoms with Crippen LogP contribution in [0.5, 0.6) is 0 Å². The summed E-state index contributed by atoms with van der Waals surface area (Å²) in [5.41, 5.74) is 1.06. The van der Waals surface area contributed by atoms with Gasteiger partial charge in [0, 0.05) is 6.54 Å². The van der Waals surface area contributed by atoms with E-state index in [0.717, 1.165) is 5.56 Å². The van der Waals surface area contributed by atoms with Crippen LogP contribution in [-0.2, 0) is 16.1 Å². The fraction of sp³-hybridized carbons (Fsp3) is 0.500. The van der Waals surface area contributed by atoms with E-state index in [4.69, 9.17) is 9.84 Å². The lowest BCUT2D eigenvalue weighted by atomic mass is 10.2. The molecule has 0 bridgehead atoms. The van der Waals surface area contributed by atoms with E-state index in [1.807, 2.05) is 35.2 Å². The van der Waals surface area contributed by atoms with E-state index in [9.17, 15) is 9.90 Å². The van der Waals surface area contributed by atoms with E-state index in [1.165, 1.54) is 0 Å². The van der Waals surface area contributed by atoms with Gasteiger partial charge in [0.2, 0.25) is 0 Å². The highest BCUT2D eigenvalue weighted by atomic mass is 16.5. The molecule has 0 radical (unpaired) electrons. The minimum Gasteiger partial charge on any atom is -0.465 e. The number of hydrogen-bond donors (Lipinski definition) is 2. The van der Waals surface area contributed by atoms with Gasteiger partial charge in [-0.2, -0.15) is 0 Å². The zero-order valence-corrected chi connectivity index (χ0v) is 10.9. The molecule has 1 unspecified atom stereocenters. The van der Waals surface area contributed by atoms with Crippen LogP contribution in [0.3, 0.4) is 0 Å². The van der Waals surface area contributed by atoms with Crippen LogP contribution in [0.1, 0.15) is 12.5 Å². The van der Waals surface area contributed by atoms with E-state index in [1.54, 1.807) is 6.92 Å². The van der Waals surface area contributed by atoms with Gasteiger partial charge in [-0.05, 0) is 12.5 Å². The summed E-state index contributed by atoms with van der Waals surface area (Å²) in [7, 11) is 0. The molecule has 1 aliphatic heterocycles. The minimum atomic E-state index is -0.918. The fourth-order valence-electron chi connectivity index (χ4n) is 2.34. The van der Waals surface area contributed by atoms with Gasteiger partial charge < -0.3 is 14.9 Å². The molecule has 0 aromatic heterocycles. The van der Waals surface area contributed by atoms with Gasteiger partial charge in [0.15, 0.2) is 0 Å². The number of benzene rings is 1. The predicted octanol–water partition coefficient (Wildman–Crippen LogP) is 0.156. The number of ether oxygens (including phenoxy) is 1. The maximum atomic E-state index is 11.8. The van der Waals surface area contributed by atoms with Gasteiger partial charge in [0.25, 0.3) is 0 Å². The third kappa shape index (κ3) is 3.12. The van der Waals surface area contributed by atoms with E-state index in [-0.39, 0.29) is 18.6 Å². The van der Waals surface area contributed by atoms with Gasteiger partial charge in [-0.1, -0.05) is 30.3 Å². The van der Waals surface area contributed by atoms with Crippen molar-refractivity contribution < 1.29 is 19.7 Å². The number of aliphatic hydroxyl groups excluding tert-OH is 2. The average Bonchev–Trinajstić information content (AvgIpc) is 3.13. The normalized spacial score (nSPS) is 26.8. The third-order valence-corrected chi connectivity index (χ3v) is 3.29. The van der Waals surface area contributed by atoms with E-state index in [2.05, 4.69) is 0 Å². The monoisotopic (exact) mass is 265 g/mol. The fourth-order valence-corrected chi connectivity index (χ4v) is 2.34. The van der Waals surface area contributed by atoms with Gasteiger partial charge >= 0.3 is 5.97 Å². The average molecular weight is 265 g/mol. The lowest BCUT2D eigenvalue weighted by Crippen LogP contribution is -2.25. The van der Waals surface area contributed by atoms with Crippen LogP contribution < -0.4 is 0 Å². The SMILES string of the molecule is CCOC(=O)[C@H]1[C@H]([C@H](O)CO)N1Cc1ccccc1. The smallest absolute Gasteiger partial charge is 0.325 e. The summed E-state index contributed by atoms with van der Waals surface area (Å²) in [6.45, 7) is 2.27. The van der Waals surface area contributed by atoms with E-state index in [0.29, 0.717) is 13.2 Å². The topological polar surface area (TPSA) is 69.8 Å². The molecule has 5 nitrogen and oxygen atoms in total. The molecule has 19 heavy (non-hydrogen) atoms. The van der Waals surface area contributed by atoms with Crippen molar-refractivity contribution in [2.75, 3.05) is 13.2 Å². The maximum Gasteiger partial charge on any atom is 0.325 e. The van der Waals surface area contributed by atoms with Crippen LogP contribution in [0.4, 0.5) is 0 Å². The van der Waals surface area contributed by atoms with Crippen molar-refractivity contribution >= 4 is 5.97 Å². The number of esters is 1. The van der Waals surface area contributed by atoms with Crippen LogP contribution in [0.25, 0.3) is 0 Å². The second-order valence-electron chi connectivity index (χ2n) is 4.60. The Kier molecular flexibility index (Phi) is 4.52. The van der Waals surface area contributed by atoms with Crippen molar-refractivity contribution in [3.63, 3.8) is 0 Å². The molecule has 1 aromatic rings. The molecule has 0 spiro atoms. The summed E-state index contributed by atoms with van der Waals surface area (Å²) >= 11 is 0. The Balaban J connectivity index is 2.03. The molecule has 1 saturated heterocycles. The largest absolute Gasteiger partial charge is 0.465 e. The lowest BCUT2D eigenvalue weighted by Gasteiger charge is -2.06. The Morgan fingerprint density at radius 2 is 2.11 bits per heavy atom.